The molecular formula is C18H22O4S. The number of aromatic hydroxyl groups is 2. The number of aryl methyl sites for hydroxylation is 2. The van der Waals surface area contributed by atoms with Gasteiger partial charge in [-0.05, 0) is 81.5 Å². The zero-order valence-electron chi connectivity index (χ0n) is 14.3. The third-order valence-electron chi connectivity index (χ3n) is 4.69. The number of rotatable bonds is 2. The maximum Gasteiger partial charge on any atom is 0.210 e. The van der Waals surface area contributed by atoms with Gasteiger partial charge in [-0.1, -0.05) is 0 Å². The molecule has 0 saturated heterocycles. The van der Waals surface area contributed by atoms with Gasteiger partial charge in [-0.15, -0.1) is 0 Å². The lowest BCUT2D eigenvalue weighted by Crippen LogP contribution is -2.08. The minimum atomic E-state index is -3.93. The lowest BCUT2D eigenvalue weighted by Gasteiger charge is -2.16. The first-order chi connectivity index (χ1) is 10.5. The largest absolute Gasteiger partial charge is 0.507 e. The van der Waals surface area contributed by atoms with Crippen molar-refractivity contribution in [3.05, 3.63) is 45.5 Å². The van der Waals surface area contributed by atoms with E-state index in [-0.39, 0.29) is 21.3 Å². The van der Waals surface area contributed by atoms with Crippen LogP contribution in [0.4, 0.5) is 0 Å². The minimum Gasteiger partial charge on any atom is -0.507 e. The summed E-state index contributed by atoms with van der Waals surface area (Å²) in [4.78, 5) is -0.0973. The molecule has 124 valence electrons. The highest BCUT2D eigenvalue weighted by Gasteiger charge is 2.27. The summed E-state index contributed by atoms with van der Waals surface area (Å²) in [6, 6.07) is 3.03. The SMILES string of the molecule is Cc1cc(S(=O)(=O)c2cc(C)c(C)c(O)c2C)c(O)c(C)c1C. The number of hydrogen-bond donors (Lipinski definition) is 2. The van der Waals surface area contributed by atoms with E-state index in [2.05, 4.69) is 0 Å². The molecule has 0 atom stereocenters. The van der Waals surface area contributed by atoms with Crippen molar-refractivity contribution in [3.8, 4) is 11.5 Å². The van der Waals surface area contributed by atoms with Gasteiger partial charge in [-0.25, -0.2) is 8.42 Å². The van der Waals surface area contributed by atoms with Gasteiger partial charge in [0.2, 0.25) is 9.84 Å². The molecule has 2 aromatic carbocycles. The number of phenols is 2. The summed E-state index contributed by atoms with van der Waals surface area (Å²) < 4.78 is 26.1. The van der Waals surface area contributed by atoms with Gasteiger partial charge in [0.25, 0.3) is 0 Å². The third-order valence-corrected chi connectivity index (χ3v) is 6.58. The maximum absolute atomic E-state index is 13.0. The first kappa shape index (κ1) is 17.3. The van der Waals surface area contributed by atoms with E-state index in [0.29, 0.717) is 22.3 Å². The maximum atomic E-state index is 13.0. The predicted molar refractivity (Wildman–Crippen MR) is 90.1 cm³/mol. The summed E-state index contributed by atoms with van der Waals surface area (Å²) in [6.07, 6.45) is 0. The molecular weight excluding hydrogens is 312 g/mol. The van der Waals surface area contributed by atoms with Gasteiger partial charge in [-0.2, -0.15) is 0 Å². The van der Waals surface area contributed by atoms with Gasteiger partial charge in [0.1, 0.15) is 16.4 Å². The fraction of sp³-hybridized carbons (Fsp3) is 0.333. The molecule has 2 rings (SSSR count). The first-order valence-electron chi connectivity index (χ1n) is 7.34. The van der Waals surface area contributed by atoms with Gasteiger partial charge in [-0.3, -0.25) is 0 Å². The van der Waals surface area contributed by atoms with Crippen molar-refractivity contribution >= 4 is 9.84 Å². The topological polar surface area (TPSA) is 74.6 Å². The minimum absolute atomic E-state index is 0.0241. The van der Waals surface area contributed by atoms with Crippen LogP contribution in [0.15, 0.2) is 21.9 Å². The van der Waals surface area contributed by atoms with Crippen molar-refractivity contribution in [2.75, 3.05) is 0 Å². The van der Waals surface area contributed by atoms with E-state index in [0.717, 1.165) is 11.1 Å². The second-order valence-corrected chi connectivity index (χ2v) is 7.97. The lowest BCUT2D eigenvalue weighted by atomic mass is 10.0. The molecule has 23 heavy (non-hydrogen) atoms. The zero-order chi connectivity index (χ0) is 17.7. The zero-order valence-corrected chi connectivity index (χ0v) is 15.1. The molecule has 0 amide bonds. The van der Waals surface area contributed by atoms with E-state index in [4.69, 9.17) is 0 Å². The molecule has 0 aliphatic heterocycles. The Kier molecular flexibility index (Phi) is 4.20. The van der Waals surface area contributed by atoms with Crippen molar-refractivity contribution in [2.24, 2.45) is 0 Å². The van der Waals surface area contributed by atoms with Gasteiger partial charge in [0.05, 0.1) is 4.90 Å². The van der Waals surface area contributed by atoms with Crippen molar-refractivity contribution in [1.82, 2.24) is 0 Å². The van der Waals surface area contributed by atoms with E-state index in [1.165, 1.54) is 6.07 Å². The van der Waals surface area contributed by atoms with E-state index >= 15 is 0 Å². The highest BCUT2D eigenvalue weighted by atomic mass is 32.2. The molecule has 0 aliphatic rings. The number of benzene rings is 2. The normalized spacial score (nSPS) is 11.7. The molecule has 0 fully saturated rings. The molecule has 0 radical (unpaired) electrons. The van der Waals surface area contributed by atoms with Crippen LogP contribution in [0.25, 0.3) is 0 Å². The first-order valence-corrected chi connectivity index (χ1v) is 8.83. The Morgan fingerprint density at radius 3 is 1.70 bits per heavy atom. The van der Waals surface area contributed by atoms with Crippen LogP contribution >= 0.6 is 0 Å². The van der Waals surface area contributed by atoms with Crippen LogP contribution in [0.3, 0.4) is 0 Å². The van der Waals surface area contributed by atoms with Crippen LogP contribution in [0.2, 0.25) is 0 Å². The Hall–Kier alpha value is -2.01. The Bertz CT molecular complexity index is 840. The van der Waals surface area contributed by atoms with E-state index in [1.807, 2.05) is 13.8 Å². The second kappa shape index (κ2) is 5.57. The summed E-state index contributed by atoms with van der Waals surface area (Å²) in [7, 11) is -3.93. The van der Waals surface area contributed by atoms with Crippen molar-refractivity contribution in [3.63, 3.8) is 0 Å². The Labute approximate surface area is 137 Å². The van der Waals surface area contributed by atoms with Crippen LogP contribution in [-0.2, 0) is 9.84 Å². The second-order valence-electron chi connectivity index (χ2n) is 6.08. The van der Waals surface area contributed by atoms with Crippen LogP contribution in [0, 0.1) is 41.5 Å². The Balaban J connectivity index is 2.85. The summed E-state index contributed by atoms with van der Waals surface area (Å²) in [5, 5.41) is 20.5. The van der Waals surface area contributed by atoms with Crippen molar-refractivity contribution in [1.29, 1.82) is 0 Å². The fourth-order valence-corrected chi connectivity index (χ4v) is 4.44. The summed E-state index contributed by atoms with van der Waals surface area (Å²) in [5.74, 6) is -0.256. The number of hydrogen-bond acceptors (Lipinski definition) is 4. The molecule has 0 heterocycles. The van der Waals surface area contributed by atoms with Gasteiger partial charge in [0, 0.05) is 5.56 Å². The summed E-state index contributed by atoms with van der Waals surface area (Å²) >= 11 is 0. The number of phenolic OH excluding ortho intramolecular Hbond substituents is 2. The van der Waals surface area contributed by atoms with Crippen molar-refractivity contribution < 1.29 is 18.6 Å². The summed E-state index contributed by atoms with van der Waals surface area (Å²) in [6.45, 7) is 10.4. The van der Waals surface area contributed by atoms with Crippen molar-refractivity contribution in [2.45, 2.75) is 51.3 Å². The number of sulfone groups is 1. The standard InChI is InChI=1S/C18H22O4S/c1-9-8-16(18(20)13(5)11(9)3)23(21,22)15-7-10(2)12(4)17(19)14(15)6/h7-8,19-20H,1-6H3. The Morgan fingerprint density at radius 1 is 0.652 bits per heavy atom. The fourth-order valence-electron chi connectivity index (χ4n) is 2.63. The van der Waals surface area contributed by atoms with Crippen LogP contribution in [-0.4, -0.2) is 18.6 Å². The van der Waals surface area contributed by atoms with Gasteiger partial charge in [0.15, 0.2) is 0 Å². The molecule has 4 nitrogen and oxygen atoms in total. The third kappa shape index (κ3) is 2.59. The average Bonchev–Trinajstić information content (AvgIpc) is 2.49. The highest BCUT2D eigenvalue weighted by molar-refractivity contribution is 7.91. The smallest absolute Gasteiger partial charge is 0.210 e. The quantitative estimate of drug-likeness (QED) is 0.876. The van der Waals surface area contributed by atoms with E-state index in [1.54, 1.807) is 33.8 Å². The molecule has 2 aromatic rings. The van der Waals surface area contributed by atoms with Gasteiger partial charge >= 0.3 is 0 Å². The lowest BCUT2D eigenvalue weighted by molar-refractivity contribution is 0.452. The molecule has 0 aromatic heterocycles. The predicted octanol–water partition coefficient (Wildman–Crippen LogP) is 3.78. The molecule has 0 saturated carbocycles. The van der Waals surface area contributed by atoms with Crippen LogP contribution < -0.4 is 0 Å². The Morgan fingerprint density at radius 2 is 1.13 bits per heavy atom. The molecule has 2 N–H and O–H groups in total. The van der Waals surface area contributed by atoms with Crippen LogP contribution in [0.1, 0.15) is 33.4 Å². The van der Waals surface area contributed by atoms with Crippen LogP contribution in [0.5, 0.6) is 11.5 Å². The molecule has 5 heteroatoms. The monoisotopic (exact) mass is 334 g/mol. The summed E-state index contributed by atoms with van der Waals surface area (Å²) in [5.41, 5.74) is 3.84. The highest BCUT2D eigenvalue weighted by Crippen LogP contribution is 2.38. The molecule has 0 bridgehead atoms. The molecule has 0 unspecified atom stereocenters. The van der Waals surface area contributed by atoms with E-state index in [9.17, 15) is 18.6 Å². The molecule has 0 spiro atoms. The molecule has 0 aliphatic carbocycles. The van der Waals surface area contributed by atoms with Gasteiger partial charge < -0.3 is 10.2 Å². The van der Waals surface area contributed by atoms with E-state index < -0.39 is 9.84 Å². The average molecular weight is 334 g/mol.